The monoisotopic (exact) mass is 392 g/mol. The van der Waals surface area contributed by atoms with Crippen LogP contribution in [0.5, 0.6) is 0 Å². The summed E-state index contributed by atoms with van der Waals surface area (Å²) in [6.45, 7) is 3.13. The number of anilines is 1. The summed E-state index contributed by atoms with van der Waals surface area (Å²) < 4.78 is 13.4. The van der Waals surface area contributed by atoms with Gasteiger partial charge < -0.3 is 15.2 Å². The van der Waals surface area contributed by atoms with Crippen molar-refractivity contribution in [2.45, 2.75) is 13.3 Å². The summed E-state index contributed by atoms with van der Waals surface area (Å²) in [6, 6.07) is 9.96. The zero-order chi connectivity index (χ0) is 20.4. The lowest BCUT2D eigenvalue weighted by atomic mass is 9.89. The van der Waals surface area contributed by atoms with E-state index >= 15 is 0 Å². The van der Waals surface area contributed by atoms with Gasteiger partial charge in [0.2, 0.25) is 12.3 Å². The number of amides is 2. The lowest BCUT2D eigenvalue weighted by Gasteiger charge is -2.32. The second kappa shape index (κ2) is 7.87. The molecule has 1 unspecified atom stereocenters. The van der Waals surface area contributed by atoms with Crippen molar-refractivity contribution in [3.63, 3.8) is 0 Å². The number of pyridine rings is 1. The molecule has 0 saturated heterocycles. The molecular formula is C22H21FN4O2. The van der Waals surface area contributed by atoms with Crippen LogP contribution in [0.3, 0.4) is 0 Å². The highest BCUT2D eigenvalue weighted by molar-refractivity contribution is 5.93. The molecule has 1 atom stereocenters. The molecule has 6 nitrogen and oxygen atoms in total. The topological polar surface area (TPSA) is 78.1 Å². The van der Waals surface area contributed by atoms with Gasteiger partial charge in [-0.2, -0.15) is 0 Å². The molecule has 3 heterocycles. The zero-order valence-corrected chi connectivity index (χ0v) is 16.0. The fourth-order valence-electron chi connectivity index (χ4n) is 3.84. The number of carbonyl (C=O) groups is 2. The Morgan fingerprint density at radius 1 is 1.38 bits per heavy atom. The van der Waals surface area contributed by atoms with Gasteiger partial charge in [-0.25, -0.2) is 9.37 Å². The molecule has 0 radical (unpaired) electrons. The maximum Gasteiger partial charge on any atom is 0.227 e. The number of fused-ring (bicyclic) bond motifs is 1. The van der Waals surface area contributed by atoms with Crippen molar-refractivity contribution in [3.8, 4) is 0 Å². The summed E-state index contributed by atoms with van der Waals surface area (Å²) in [5.74, 6) is 0.215. The molecule has 1 aliphatic rings. The fourth-order valence-corrected chi connectivity index (χ4v) is 3.84. The van der Waals surface area contributed by atoms with Crippen LogP contribution >= 0.6 is 0 Å². The van der Waals surface area contributed by atoms with Crippen molar-refractivity contribution in [1.29, 1.82) is 0 Å². The summed E-state index contributed by atoms with van der Waals surface area (Å²) in [6.07, 6.45) is 4.64. The maximum atomic E-state index is 13.4. The van der Waals surface area contributed by atoms with Gasteiger partial charge in [0, 0.05) is 24.7 Å². The summed E-state index contributed by atoms with van der Waals surface area (Å²) in [5.41, 5.74) is 3.47. The van der Waals surface area contributed by atoms with Gasteiger partial charge in [0.25, 0.3) is 0 Å². The second-order valence-corrected chi connectivity index (χ2v) is 7.22. The largest absolute Gasteiger partial charge is 0.346 e. The average molecular weight is 392 g/mol. The van der Waals surface area contributed by atoms with E-state index in [0.717, 1.165) is 16.5 Å². The first-order valence-electron chi connectivity index (χ1n) is 9.46. The van der Waals surface area contributed by atoms with Crippen LogP contribution in [0.15, 0.2) is 48.7 Å². The van der Waals surface area contributed by atoms with Gasteiger partial charge in [-0.15, -0.1) is 0 Å². The number of carbonyl (C=O) groups excluding carboxylic acids is 2. The lowest BCUT2D eigenvalue weighted by molar-refractivity contribution is -0.130. The molecule has 4 rings (SSSR count). The van der Waals surface area contributed by atoms with Crippen LogP contribution in [0.4, 0.5) is 10.2 Å². The molecule has 148 valence electrons. The number of aromatic amines is 1. The predicted octanol–water partition coefficient (Wildman–Crippen LogP) is 3.37. The van der Waals surface area contributed by atoms with Crippen LogP contribution in [0.1, 0.15) is 18.1 Å². The molecule has 1 aliphatic heterocycles. The molecule has 29 heavy (non-hydrogen) atoms. The molecular weight excluding hydrogens is 371 g/mol. The third-order valence-electron chi connectivity index (χ3n) is 5.20. The van der Waals surface area contributed by atoms with Crippen LogP contribution in [0.25, 0.3) is 16.6 Å². The first kappa shape index (κ1) is 18.9. The smallest absolute Gasteiger partial charge is 0.227 e. The molecule has 0 fully saturated rings. The average Bonchev–Trinajstić information content (AvgIpc) is 3.16. The minimum absolute atomic E-state index is 0.0254. The number of aromatic nitrogens is 2. The number of benzene rings is 1. The molecule has 2 amide bonds. The minimum atomic E-state index is -0.336. The highest BCUT2D eigenvalue weighted by Crippen LogP contribution is 2.33. The van der Waals surface area contributed by atoms with E-state index in [-0.39, 0.29) is 24.1 Å². The lowest BCUT2D eigenvalue weighted by Crippen LogP contribution is -2.39. The molecule has 1 aromatic carbocycles. The number of nitrogens with zero attached hydrogens (tertiary/aromatic N) is 2. The molecule has 0 aliphatic carbocycles. The van der Waals surface area contributed by atoms with Crippen molar-refractivity contribution >= 4 is 34.7 Å². The van der Waals surface area contributed by atoms with E-state index in [0.29, 0.717) is 36.5 Å². The molecule has 2 aromatic heterocycles. The van der Waals surface area contributed by atoms with Crippen molar-refractivity contribution in [1.82, 2.24) is 14.9 Å². The number of nitrogens with one attached hydrogen (secondary N) is 2. The van der Waals surface area contributed by atoms with E-state index < -0.39 is 0 Å². The quantitative estimate of drug-likeness (QED) is 0.654. The molecule has 0 spiro atoms. The third kappa shape index (κ3) is 3.89. The second-order valence-electron chi connectivity index (χ2n) is 7.22. The van der Waals surface area contributed by atoms with Gasteiger partial charge in [-0.1, -0.05) is 25.1 Å². The third-order valence-corrected chi connectivity index (χ3v) is 5.20. The van der Waals surface area contributed by atoms with Crippen LogP contribution in [-0.2, 0) is 16.0 Å². The maximum absolute atomic E-state index is 13.4. The van der Waals surface area contributed by atoms with Crippen LogP contribution in [-0.4, -0.2) is 40.3 Å². The number of hydrogen-bond donors (Lipinski definition) is 2. The fraction of sp³-hybridized carbons (Fsp3) is 0.227. The Balaban J connectivity index is 1.58. The Morgan fingerprint density at radius 2 is 2.24 bits per heavy atom. The van der Waals surface area contributed by atoms with Gasteiger partial charge in [0.1, 0.15) is 17.3 Å². The SMILES string of the molecule is CC1CN(C(=O)Cc2cccc(F)c2)CC=C1c1cc(NC=O)nc2[nH]ccc12. The highest BCUT2D eigenvalue weighted by Gasteiger charge is 2.25. The van der Waals surface area contributed by atoms with E-state index in [2.05, 4.69) is 22.2 Å². The molecule has 2 N–H and O–H groups in total. The Morgan fingerprint density at radius 3 is 3.00 bits per heavy atom. The highest BCUT2D eigenvalue weighted by atomic mass is 19.1. The zero-order valence-electron chi connectivity index (χ0n) is 16.0. The van der Waals surface area contributed by atoms with Crippen LogP contribution < -0.4 is 5.32 Å². The van der Waals surface area contributed by atoms with Gasteiger partial charge in [-0.05, 0) is 46.9 Å². The van der Waals surface area contributed by atoms with Crippen LogP contribution in [0.2, 0.25) is 0 Å². The van der Waals surface area contributed by atoms with Crippen LogP contribution in [0, 0.1) is 11.7 Å². The standard InChI is InChI=1S/C22H21FN4O2/c1-14-12-27(21(29)10-15-3-2-4-16(23)9-15)8-6-17(14)19-11-20(25-13-28)26-22-18(19)5-7-24-22/h2-7,9,11,13-14H,8,10,12H2,1H3,(H2,24,25,26,28). The van der Waals surface area contributed by atoms with Gasteiger partial charge in [0.15, 0.2) is 0 Å². The predicted molar refractivity (Wildman–Crippen MR) is 110 cm³/mol. The van der Waals surface area contributed by atoms with Gasteiger partial charge in [0.05, 0.1) is 6.42 Å². The van der Waals surface area contributed by atoms with Gasteiger partial charge in [-0.3, -0.25) is 9.59 Å². The molecule has 3 aromatic rings. The van der Waals surface area contributed by atoms with Gasteiger partial charge >= 0.3 is 0 Å². The van der Waals surface area contributed by atoms with E-state index in [1.165, 1.54) is 12.1 Å². The first-order chi connectivity index (χ1) is 14.0. The van der Waals surface area contributed by atoms with E-state index in [1.807, 2.05) is 24.4 Å². The number of hydrogen-bond acceptors (Lipinski definition) is 3. The number of H-pyrrole nitrogens is 1. The number of halogens is 1. The van der Waals surface area contributed by atoms with Crippen molar-refractivity contribution < 1.29 is 14.0 Å². The number of rotatable bonds is 5. The summed E-state index contributed by atoms with van der Waals surface area (Å²) in [5, 5.41) is 3.58. The minimum Gasteiger partial charge on any atom is -0.346 e. The summed E-state index contributed by atoms with van der Waals surface area (Å²) >= 11 is 0. The van der Waals surface area contributed by atoms with Crippen molar-refractivity contribution in [3.05, 3.63) is 65.6 Å². The van der Waals surface area contributed by atoms with E-state index in [4.69, 9.17) is 0 Å². The van der Waals surface area contributed by atoms with Crippen molar-refractivity contribution in [2.24, 2.45) is 5.92 Å². The van der Waals surface area contributed by atoms with E-state index in [1.54, 1.807) is 17.0 Å². The molecule has 0 saturated carbocycles. The first-order valence-corrected chi connectivity index (χ1v) is 9.46. The summed E-state index contributed by atoms with van der Waals surface area (Å²) in [7, 11) is 0. The molecule has 0 bridgehead atoms. The molecule has 7 heteroatoms. The Kier molecular flexibility index (Phi) is 5.12. The van der Waals surface area contributed by atoms with Crippen molar-refractivity contribution in [2.75, 3.05) is 18.4 Å². The Labute approximate surface area is 167 Å². The normalized spacial score (nSPS) is 16.6. The Hall–Kier alpha value is -3.48. The Bertz CT molecular complexity index is 1110. The van der Waals surface area contributed by atoms with E-state index in [9.17, 15) is 14.0 Å². The summed E-state index contributed by atoms with van der Waals surface area (Å²) in [4.78, 5) is 32.8.